The Balaban J connectivity index is 2.47. The van der Waals surface area contributed by atoms with E-state index in [-0.39, 0.29) is 37.1 Å². The molecule has 1 aliphatic carbocycles. The van der Waals surface area contributed by atoms with Gasteiger partial charge in [-0.05, 0) is 50.0 Å². The molecule has 13 heteroatoms. The zero-order chi connectivity index (χ0) is 40.0. The van der Waals surface area contributed by atoms with Gasteiger partial charge in [0, 0.05) is 18.8 Å². The molecule has 0 saturated carbocycles. The average molecular weight is 787 g/mol. The Labute approximate surface area is 324 Å². The Morgan fingerprint density at radius 3 is 2.13 bits per heavy atom. The van der Waals surface area contributed by atoms with Gasteiger partial charge in [-0.15, -0.1) is 0 Å². The van der Waals surface area contributed by atoms with Crippen LogP contribution >= 0.6 is 7.82 Å². The third kappa shape index (κ3) is 26.6. The van der Waals surface area contributed by atoms with Crippen LogP contribution in [0.1, 0.15) is 143 Å². The van der Waals surface area contributed by atoms with E-state index in [0.29, 0.717) is 32.1 Å². The van der Waals surface area contributed by atoms with Crippen molar-refractivity contribution >= 4 is 25.5 Å². The van der Waals surface area contributed by atoms with Gasteiger partial charge in [0.25, 0.3) is 0 Å². The van der Waals surface area contributed by atoms with E-state index < -0.39 is 57.9 Å². The highest BCUT2D eigenvalue weighted by Gasteiger charge is 2.28. The Kier molecular flexibility index (Phi) is 28.6. The summed E-state index contributed by atoms with van der Waals surface area (Å²) in [6.07, 6.45) is 24.7. The predicted octanol–water partition coefficient (Wildman–Crippen LogP) is 7.86. The minimum Gasteiger partial charge on any atom is -0.462 e. The van der Waals surface area contributed by atoms with Crippen molar-refractivity contribution in [2.75, 3.05) is 26.4 Å². The van der Waals surface area contributed by atoms with Crippen molar-refractivity contribution in [2.45, 2.75) is 161 Å². The largest absolute Gasteiger partial charge is 0.472 e. The number of carbonyl (C=O) groups is 3. The van der Waals surface area contributed by atoms with Crippen LogP contribution in [0, 0.1) is 17.8 Å². The molecule has 0 spiro atoms. The molecule has 0 saturated heterocycles. The molecule has 54 heavy (non-hydrogen) atoms. The maximum Gasteiger partial charge on any atom is 0.472 e. The Morgan fingerprint density at radius 2 is 1.46 bits per heavy atom. The summed E-state index contributed by atoms with van der Waals surface area (Å²) < 4.78 is 32.6. The van der Waals surface area contributed by atoms with Crippen LogP contribution in [0.2, 0.25) is 0 Å². The summed E-state index contributed by atoms with van der Waals surface area (Å²) in [4.78, 5) is 47.4. The fraction of sp³-hybridized carbons (Fsp3) is 0.780. The highest BCUT2D eigenvalue weighted by atomic mass is 31.2. The van der Waals surface area contributed by atoms with E-state index in [9.17, 15) is 34.1 Å². The van der Waals surface area contributed by atoms with Gasteiger partial charge < -0.3 is 29.7 Å². The molecule has 312 valence electrons. The van der Waals surface area contributed by atoms with Crippen molar-refractivity contribution in [1.29, 1.82) is 0 Å². The number of phosphoric ester groups is 1. The van der Waals surface area contributed by atoms with Gasteiger partial charge in [-0.2, -0.15) is 0 Å². The first-order chi connectivity index (χ1) is 25.9. The van der Waals surface area contributed by atoms with Crippen molar-refractivity contribution < 1.29 is 57.7 Å². The molecule has 1 aliphatic rings. The molecule has 0 bridgehead atoms. The molecule has 0 heterocycles. The summed E-state index contributed by atoms with van der Waals surface area (Å²) in [5.41, 5.74) is 0. The number of hydrogen-bond acceptors (Lipinski definition) is 11. The SMILES string of the molecule is CCCCC[C@H](O)/C=C/[C@H]1C(=O)C=C[C@@H]1C/C=C\CCCC(=O)OC[C@H](COP(=O)(O)OC[C@@H](O)CO)OC(=O)CCCCCCCCCCCC(C)C. The number of ether oxygens (including phenoxy) is 2. The lowest BCUT2D eigenvalue weighted by atomic mass is 9.90. The van der Waals surface area contributed by atoms with Gasteiger partial charge in [0.1, 0.15) is 12.7 Å². The number of carbonyl (C=O) groups excluding carboxylic acids is 3. The molecular formula is C41H71O12P. The minimum absolute atomic E-state index is 0.0122. The van der Waals surface area contributed by atoms with Crippen molar-refractivity contribution in [1.82, 2.24) is 0 Å². The van der Waals surface area contributed by atoms with Crippen LogP contribution in [0.5, 0.6) is 0 Å². The molecule has 1 rings (SSSR count). The van der Waals surface area contributed by atoms with Gasteiger partial charge in [-0.25, -0.2) is 4.57 Å². The molecule has 0 aliphatic heterocycles. The van der Waals surface area contributed by atoms with Crippen molar-refractivity contribution in [3.05, 3.63) is 36.5 Å². The first-order valence-electron chi connectivity index (χ1n) is 20.4. The summed E-state index contributed by atoms with van der Waals surface area (Å²) in [6.45, 7) is 4.31. The number of aliphatic hydroxyl groups is 3. The van der Waals surface area contributed by atoms with Crippen LogP contribution in [0.15, 0.2) is 36.5 Å². The molecule has 1 unspecified atom stereocenters. The van der Waals surface area contributed by atoms with Gasteiger partial charge in [0.15, 0.2) is 11.9 Å². The number of allylic oxidation sites excluding steroid dienone is 5. The lowest BCUT2D eigenvalue weighted by Gasteiger charge is -2.20. The number of aliphatic hydroxyl groups excluding tert-OH is 3. The Morgan fingerprint density at radius 1 is 0.833 bits per heavy atom. The third-order valence-electron chi connectivity index (χ3n) is 9.22. The molecule has 12 nitrogen and oxygen atoms in total. The fourth-order valence-electron chi connectivity index (χ4n) is 5.93. The fourth-order valence-corrected chi connectivity index (χ4v) is 6.72. The maximum atomic E-state index is 12.6. The second-order valence-corrected chi connectivity index (χ2v) is 16.3. The van der Waals surface area contributed by atoms with Gasteiger partial charge in [-0.1, -0.05) is 128 Å². The topological polar surface area (TPSA) is 186 Å². The molecule has 0 aromatic heterocycles. The van der Waals surface area contributed by atoms with Crippen LogP contribution in [0.3, 0.4) is 0 Å². The molecule has 0 aromatic carbocycles. The normalized spacial score (nSPS) is 18.8. The highest BCUT2D eigenvalue weighted by molar-refractivity contribution is 7.47. The van der Waals surface area contributed by atoms with Crippen molar-refractivity contribution in [3.63, 3.8) is 0 Å². The lowest BCUT2D eigenvalue weighted by Crippen LogP contribution is -2.29. The zero-order valence-electron chi connectivity index (χ0n) is 33.2. The van der Waals surface area contributed by atoms with E-state index in [1.807, 2.05) is 24.3 Å². The minimum atomic E-state index is -4.66. The molecule has 0 aromatic rings. The summed E-state index contributed by atoms with van der Waals surface area (Å²) in [5, 5.41) is 28.5. The molecule has 4 N–H and O–H groups in total. The van der Waals surface area contributed by atoms with E-state index in [1.54, 1.807) is 12.2 Å². The quantitative estimate of drug-likeness (QED) is 0.0215. The number of hydrogen-bond donors (Lipinski definition) is 4. The third-order valence-corrected chi connectivity index (χ3v) is 10.2. The first-order valence-corrected chi connectivity index (χ1v) is 21.9. The summed E-state index contributed by atoms with van der Waals surface area (Å²) in [6, 6.07) is 0. The van der Waals surface area contributed by atoms with Gasteiger partial charge in [-0.3, -0.25) is 23.4 Å². The number of ketones is 1. The monoisotopic (exact) mass is 786 g/mol. The van der Waals surface area contributed by atoms with Crippen LogP contribution < -0.4 is 0 Å². The zero-order valence-corrected chi connectivity index (χ0v) is 34.1. The summed E-state index contributed by atoms with van der Waals surface area (Å²) >= 11 is 0. The van der Waals surface area contributed by atoms with E-state index in [2.05, 4.69) is 25.3 Å². The number of phosphoric acid groups is 1. The van der Waals surface area contributed by atoms with Gasteiger partial charge >= 0.3 is 19.8 Å². The van der Waals surface area contributed by atoms with Gasteiger partial charge in [0.05, 0.1) is 25.9 Å². The molecular weight excluding hydrogens is 715 g/mol. The summed E-state index contributed by atoms with van der Waals surface area (Å²) in [7, 11) is -4.66. The average Bonchev–Trinajstić information content (AvgIpc) is 3.49. The van der Waals surface area contributed by atoms with E-state index in [1.165, 1.54) is 38.5 Å². The second-order valence-electron chi connectivity index (χ2n) is 14.8. The molecule has 0 amide bonds. The Hall–Kier alpha value is -2.18. The highest BCUT2D eigenvalue weighted by Crippen LogP contribution is 2.43. The lowest BCUT2D eigenvalue weighted by molar-refractivity contribution is -0.161. The molecule has 0 radical (unpaired) electrons. The van der Waals surface area contributed by atoms with Crippen LogP contribution in [0.25, 0.3) is 0 Å². The van der Waals surface area contributed by atoms with E-state index >= 15 is 0 Å². The van der Waals surface area contributed by atoms with Crippen LogP contribution in [-0.4, -0.2) is 82.7 Å². The van der Waals surface area contributed by atoms with E-state index in [0.717, 1.165) is 44.4 Å². The number of unbranched alkanes of at least 4 members (excludes halogenated alkanes) is 11. The summed E-state index contributed by atoms with van der Waals surface area (Å²) in [5.74, 6) is -0.574. The smallest absolute Gasteiger partial charge is 0.462 e. The van der Waals surface area contributed by atoms with Gasteiger partial charge in [0.2, 0.25) is 0 Å². The van der Waals surface area contributed by atoms with Crippen LogP contribution in [-0.2, 0) is 37.5 Å². The van der Waals surface area contributed by atoms with Crippen molar-refractivity contribution in [3.8, 4) is 0 Å². The maximum absolute atomic E-state index is 12.6. The predicted molar refractivity (Wildman–Crippen MR) is 209 cm³/mol. The van der Waals surface area contributed by atoms with Crippen molar-refractivity contribution in [2.24, 2.45) is 17.8 Å². The first kappa shape index (κ1) is 49.8. The standard InChI is InChI=1S/C41H71O12P/c1-4-5-15-22-35(43)26-27-38-34(25-28-39(38)45)21-17-13-14-18-23-40(46)50-31-37(32-52-54(48,49)51-30-36(44)29-42)53-41(47)24-19-12-10-8-6-7-9-11-16-20-33(2)3/h13,17,25-28,33-38,42-44H,4-12,14-16,18-24,29-32H2,1-3H3,(H,48,49)/b17-13-,27-26+/t34-,35-,36-,37+,38+/m0/s1. The van der Waals surface area contributed by atoms with E-state index in [4.69, 9.17) is 19.1 Å². The molecule has 0 fully saturated rings. The van der Waals surface area contributed by atoms with Crippen LogP contribution in [0.4, 0.5) is 0 Å². The molecule has 6 atom stereocenters. The second kappa shape index (κ2) is 31.0. The Bertz CT molecular complexity index is 1150. The number of esters is 2. The number of rotatable bonds is 34.